The largest absolute Gasteiger partial charge is 0.493 e. The molecule has 1 aromatic carbocycles. The number of ether oxygens (including phenoxy) is 2. The maximum absolute atomic E-state index is 13.2. The third-order valence-corrected chi connectivity index (χ3v) is 6.89. The Labute approximate surface area is 186 Å². The van der Waals surface area contributed by atoms with Crippen molar-refractivity contribution in [3.63, 3.8) is 0 Å². The summed E-state index contributed by atoms with van der Waals surface area (Å²) in [4.78, 5) is 28.3. The second kappa shape index (κ2) is 9.09. The first-order valence-electron chi connectivity index (χ1n) is 10.4. The molecule has 2 aliphatic rings. The number of thiophene rings is 1. The number of hydrogen-bond donors (Lipinski definition) is 0. The Hall–Kier alpha value is -2.87. The summed E-state index contributed by atoms with van der Waals surface area (Å²) in [5.41, 5.74) is 1.78. The van der Waals surface area contributed by atoms with Gasteiger partial charge >= 0.3 is 0 Å². The van der Waals surface area contributed by atoms with Crippen LogP contribution < -0.4 is 9.47 Å². The summed E-state index contributed by atoms with van der Waals surface area (Å²) in [5.74, 6) is 1.15. The van der Waals surface area contributed by atoms with Crippen LogP contribution in [-0.2, 0) is 9.59 Å². The van der Waals surface area contributed by atoms with Crippen molar-refractivity contribution in [3.8, 4) is 11.5 Å². The lowest BCUT2D eigenvalue weighted by Crippen LogP contribution is -2.42. The van der Waals surface area contributed by atoms with E-state index >= 15 is 0 Å². The summed E-state index contributed by atoms with van der Waals surface area (Å²) < 4.78 is 10.8. The second-order valence-electron chi connectivity index (χ2n) is 7.92. The number of hydrogen-bond acceptors (Lipinski definition) is 6. The van der Waals surface area contributed by atoms with Crippen molar-refractivity contribution in [2.45, 2.75) is 31.7 Å². The van der Waals surface area contributed by atoms with Crippen molar-refractivity contribution in [1.82, 2.24) is 9.91 Å². The minimum absolute atomic E-state index is 0.0142. The molecule has 0 bridgehead atoms. The van der Waals surface area contributed by atoms with Crippen LogP contribution in [0.15, 0.2) is 40.8 Å². The van der Waals surface area contributed by atoms with Gasteiger partial charge in [0.25, 0.3) is 5.91 Å². The minimum Gasteiger partial charge on any atom is -0.493 e. The molecule has 4 rings (SSSR count). The van der Waals surface area contributed by atoms with Gasteiger partial charge in [-0.3, -0.25) is 9.59 Å². The van der Waals surface area contributed by atoms with Crippen LogP contribution in [0.4, 0.5) is 0 Å². The molecule has 1 aliphatic heterocycles. The monoisotopic (exact) mass is 441 g/mol. The highest BCUT2D eigenvalue weighted by atomic mass is 32.1. The Bertz CT molecular complexity index is 985. The van der Waals surface area contributed by atoms with E-state index in [1.807, 2.05) is 35.7 Å². The maximum atomic E-state index is 13.2. The van der Waals surface area contributed by atoms with Crippen LogP contribution in [-0.4, -0.2) is 55.2 Å². The molecule has 2 aromatic rings. The van der Waals surface area contributed by atoms with Gasteiger partial charge < -0.3 is 14.4 Å². The van der Waals surface area contributed by atoms with Crippen molar-refractivity contribution < 1.29 is 19.1 Å². The topological polar surface area (TPSA) is 71.4 Å². The molecule has 7 nitrogen and oxygen atoms in total. The van der Waals surface area contributed by atoms with Crippen molar-refractivity contribution in [3.05, 3.63) is 46.2 Å². The van der Waals surface area contributed by atoms with Crippen LogP contribution in [0.25, 0.3) is 0 Å². The van der Waals surface area contributed by atoms with Gasteiger partial charge in [-0.25, -0.2) is 5.01 Å². The van der Waals surface area contributed by atoms with E-state index in [1.165, 1.54) is 9.91 Å². The van der Waals surface area contributed by atoms with Gasteiger partial charge in [0.15, 0.2) is 11.5 Å². The molecule has 0 unspecified atom stereocenters. The summed E-state index contributed by atoms with van der Waals surface area (Å²) in [6.45, 7) is 0.0142. The summed E-state index contributed by atoms with van der Waals surface area (Å²) in [6.07, 6.45) is 3.51. The van der Waals surface area contributed by atoms with Crippen molar-refractivity contribution >= 4 is 28.9 Å². The van der Waals surface area contributed by atoms with Gasteiger partial charge in [0.2, 0.25) is 5.91 Å². The first-order chi connectivity index (χ1) is 15.0. The zero-order valence-corrected chi connectivity index (χ0v) is 18.9. The van der Waals surface area contributed by atoms with Crippen LogP contribution in [0.2, 0.25) is 0 Å². The van der Waals surface area contributed by atoms with Crippen LogP contribution >= 0.6 is 11.3 Å². The quantitative estimate of drug-likeness (QED) is 0.657. The predicted molar refractivity (Wildman–Crippen MR) is 120 cm³/mol. The minimum atomic E-state index is -0.267. The Morgan fingerprint density at radius 3 is 2.58 bits per heavy atom. The maximum Gasteiger partial charge on any atom is 0.262 e. The molecule has 2 heterocycles. The van der Waals surface area contributed by atoms with Gasteiger partial charge in [-0.15, -0.1) is 11.3 Å². The van der Waals surface area contributed by atoms with E-state index in [0.717, 1.165) is 35.4 Å². The standard InChI is InChI=1S/C23H27N3O4S/c1-25(23(28)15-6-4-7-15)14-22(27)26-18(13-17(24-26)21-8-5-11-31-21)16-9-10-19(29-2)20(12-16)30-3/h5,8-12,15,18H,4,6-7,13-14H2,1-3H3/t18-/m0/s1. The van der Waals surface area contributed by atoms with Crippen LogP contribution in [0.3, 0.4) is 0 Å². The van der Waals surface area contributed by atoms with E-state index in [-0.39, 0.29) is 30.3 Å². The highest BCUT2D eigenvalue weighted by Gasteiger charge is 2.36. The zero-order valence-electron chi connectivity index (χ0n) is 18.0. The fraction of sp³-hybridized carbons (Fsp3) is 0.435. The molecule has 0 N–H and O–H groups in total. The van der Waals surface area contributed by atoms with E-state index in [9.17, 15) is 9.59 Å². The van der Waals surface area contributed by atoms with Crippen molar-refractivity contribution in [2.75, 3.05) is 27.8 Å². The van der Waals surface area contributed by atoms with Gasteiger partial charge in [0, 0.05) is 19.4 Å². The number of amides is 2. The smallest absolute Gasteiger partial charge is 0.262 e. The fourth-order valence-electron chi connectivity index (χ4n) is 3.97. The Balaban J connectivity index is 1.59. The first-order valence-corrected chi connectivity index (χ1v) is 11.3. The number of likely N-dealkylation sites (N-methyl/N-ethyl adjacent to an activating group) is 1. The molecule has 1 aromatic heterocycles. The number of methoxy groups -OCH3 is 2. The number of nitrogens with zero attached hydrogens (tertiary/aromatic N) is 3. The predicted octanol–water partition coefficient (Wildman–Crippen LogP) is 3.70. The van der Waals surface area contributed by atoms with Crippen LogP contribution in [0.1, 0.15) is 42.2 Å². The van der Waals surface area contributed by atoms with Crippen LogP contribution in [0.5, 0.6) is 11.5 Å². The number of rotatable bonds is 7. The molecule has 0 saturated heterocycles. The molecule has 2 amide bonds. The molecule has 1 saturated carbocycles. The Kier molecular flexibility index (Phi) is 6.27. The lowest BCUT2D eigenvalue weighted by molar-refractivity contribution is -0.144. The molecule has 0 radical (unpaired) electrons. The van der Waals surface area contributed by atoms with E-state index in [0.29, 0.717) is 17.9 Å². The van der Waals surface area contributed by atoms with Gasteiger partial charge in [-0.05, 0) is 42.0 Å². The SMILES string of the molecule is COc1ccc([C@@H]2CC(c3cccs3)=NN2C(=O)CN(C)C(=O)C2CCC2)cc1OC. The number of benzene rings is 1. The summed E-state index contributed by atoms with van der Waals surface area (Å²) in [5, 5.41) is 8.21. The molecular weight excluding hydrogens is 414 g/mol. The molecule has 164 valence electrons. The molecule has 1 aliphatic carbocycles. The fourth-order valence-corrected chi connectivity index (χ4v) is 4.69. The lowest BCUT2D eigenvalue weighted by atomic mass is 9.84. The van der Waals surface area contributed by atoms with E-state index in [4.69, 9.17) is 9.47 Å². The van der Waals surface area contributed by atoms with Gasteiger partial charge in [-0.1, -0.05) is 18.6 Å². The van der Waals surface area contributed by atoms with Crippen molar-refractivity contribution in [2.24, 2.45) is 11.0 Å². The highest BCUT2D eigenvalue weighted by Crippen LogP contribution is 2.38. The number of carbonyl (C=O) groups is 2. The van der Waals surface area contributed by atoms with Crippen LogP contribution in [0, 0.1) is 5.92 Å². The molecule has 1 fully saturated rings. The summed E-state index contributed by atoms with van der Waals surface area (Å²) in [6, 6.07) is 9.38. The van der Waals surface area contributed by atoms with E-state index in [2.05, 4.69) is 5.10 Å². The highest BCUT2D eigenvalue weighted by molar-refractivity contribution is 7.12. The van der Waals surface area contributed by atoms with E-state index in [1.54, 1.807) is 32.6 Å². The van der Waals surface area contributed by atoms with Gasteiger partial charge in [0.05, 0.1) is 30.9 Å². The molecular formula is C23H27N3O4S. The molecule has 1 atom stereocenters. The molecule has 8 heteroatoms. The van der Waals surface area contributed by atoms with Crippen molar-refractivity contribution in [1.29, 1.82) is 0 Å². The zero-order chi connectivity index (χ0) is 22.0. The summed E-state index contributed by atoms with van der Waals surface area (Å²) >= 11 is 1.60. The molecule has 0 spiro atoms. The third-order valence-electron chi connectivity index (χ3n) is 5.97. The first kappa shape index (κ1) is 21.4. The van der Waals surface area contributed by atoms with Gasteiger partial charge in [-0.2, -0.15) is 5.10 Å². The van der Waals surface area contributed by atoms with E-state index < -0.39 is 0 Å². The normalized spacial score (nSPS) is 18.4. The summed E-state index contributed by atoms with van der Waals surface area (Å²) in [7, 11) is 4.88. The molecule has 31 heavy (non-hydrogen) atoms. The third kappa shape index (κ3) is 4.30. The van der Waals surface area contributed by atoms with Gasteiger partial charge in [0.1, 0.15) is 6.54 Å². The Morgan fingerprint density at radius 1 is 1.19 bits per heavy atom. The lowest BCUT2D eigenvalue weighted by Gasteiger charge is -2.30. The second-order valence-corrected chi connectivity index (χ2v) is 8.87. The average molecular weight is 442 g/mol. The Morgan fingerprint density at radius 2 is 1.97 bits per heavy atom. The number of hydrazone groups is 1. The number of carbonyl (C=O) groups excluding carboxylic acids is 2. The average Bonchev–Trinajstić information content (AvgIpc) is 3.41.